The lowest BCUT2D eigenvalue weighted by Crippen LogP contribution is -2.61. The molecule has 14 heteroatoms. The highest BCUT2D eigenvalue weighted by molar-refractivity contribution is 6.39. The van der Waals surface area contributed by atoms with Crippen molar-refractivity contribution >= 4 is 29.2 Å². The standard InChI is InChI=1S/C51H79NO13/c1-30-16-12-11-13-17-31(2)42(61-8)28-38-21-19-36(7)51(60,65-38)48(57)49(58)52-23-15-14-18-39(52)50(59)64-43(33(4)26-37-20-22-40(53)44(27-37)62-9)29-41(54)32(3)25-35(6)46(56)47(63-10)45(55)34(5)24-30/h11-13,16-17,25,30,32-34,36-40,42-44,46-47,53,56,60H,14-15,18-24,26-29H2,1-10H3/b13-11?,16-12+,31-17?,35-25+/t30-,32-,33-,34-,36-,37+,38+,39?,40+,42+,43+,44-,46-,47+,51-/m1/s1. The van der Waals surface area contributed by atoms with E-state index in [9.17, 15) is 39.3 Å². The Balaban J connectivity index is 1.70. The molecule has 14 nitrogen and oxygen atoms in total. The second kappa shape index (κ2) is 25.1. The molecular weight excluding hydrogens is 835 g/mol. The number of cyclic esters (lactones) is 1. The molecule has 0 aromatic carbocycles. The Morgan fingerprint density at radius 1 is 0.846 bits per heavy atom. The molecule has 3 heterocycles. The molecule has 4 rings (SSSR count). The van der Waals surface area contributed by atoms with Crippen molar-refractivity contribution < 1.29 is 63.0 Å². The van der Waals surface area contributed by atoms with E-state index < -0.39 is 83.9 Å². The highest BCUT2D eigenvalue weighted by atomic mass is 16.6. The van der Waals surface area contributed by atoms with Gasteiger partial charge in [-0.3, -0.25) is 19.2 Å². The zero-order chi connectivity index (χ0) is 48.2. The third-order valence-corrected chi connectivity index (χ3v) is 14.5. The fraction of sp³-hybridized carbons (Fsp3) is 0.745. The van der Waals surface area contributed by atoms with E-state index in [1.165, 1.54) is 12.0 Å². The molecule has 0 aromatic rings. The summed E-state index contributed by atoms with van der Waals surface area (Å²) < 4.78 is 29.4. The van der Waals surface area contributed by atoms with Crippen molar-refractivity contribution in [3.8, 4) is 0 Å². The van der Waals surface area contributed by atoms with E-state index >= 15 is 0 Å². The molecule has 1 unspecified atom stereocenters. The van der Waals surface area contributed by atoms with Crippen molar-refractivity contribution in [1.29, 1.82) is 0 Å². The van der Waals surface area contributed by atoms with Gasteiger partial charge in [0.1, 0.15) is 30.1 Å². The fourth-order valence-corrected chi connectivity index (χ4v) is 10.1. The third-order valence-electron chi connectivity index (χ3n) is 14.5. The van der Waals surface area contributed by atoms with E-state index in [1.807, 2.05) is 58.1 Å². The molecule has 1 amide bonds. The summed E-state index contributed by atoms with van der Waals surface area (Å²) in [5, 5.41) is 33.8. The lowest BCUT2D eigenvalue weighted by Gasteiger charge is -2.42. The second-order valence-electron chi connectivity index (χ2n) is 19.6. The number of allylic oxidation sites excluding steroid dienone is 6. The number of ketones is 3. The van der Waals surface area contributed by atoms with Gasteiger partial charge in [-0.2, -0.15) is 0 Å². The highest BCUT2D eigenvalue weighted by Gasteiger charge is 2.53. The SMILES string of the molecule is CO[C@H]1C[C@@H]2CC[C@@H](C)[C@@](O)(O2)C(=O)C(=O)N2CCCCC2C(=O)O[C@H]([C@H](C)C[C@@H]2CC[C@H](O)[C@H](OC)C2)CC(=O)[C@H](C)/C=C(\C)[C@@H](O)[C@@H](OC)C(=O)[C@H](C)C[C@H](C)/C=C/C=CC=C1C. The van der Waals surface area contributed by atoms with Gasteiger partial charge in [-0.15, -0.1) is 0 Å². The lowest BCUT2D eigenvalue weighted by atomic mass is 9.78. The normalized spacial score (nSPS) is 39.1. The van der Waals surface area contributed by atoms with Crippen LogP contribution in [-0.2, 0) is 47.7 Å². The first-order valence-corrected chi connectivity index (χ1v) is 23.9. The van der Waals surface area contributed by atoms with Gasteiger partial charge in [0.2, 0.25) is 5.79 Å². The quantitative estimate of drug-likeness (QED) is 0.156. The minimum Gasteiger partial charge on any atom is -0.460 e. The maximum atomic E-state index is 14.4. The number of esters is 1. The molecule has 0 radical (unpaired) electrons. The topological polar surface area (TPSA) is 195 Å². The van der Waals surface area contributed by atoms with Gasteiger partial charge in [-0.05, 0) is 107 Å². The van der Waals surface area contributed by atoms with Crippen molar-refractivity contribution in [2.45, 2.75) is 180 Å². The van der Waals surface area contributed by atoms with Gasteiger partial charge in [0, 0.05) is 58.5 Å². The van der Waals surface area contributed by atoms with E-state index in [0.717, 1.165) is 12.0 Å². The predicted molar refractivity (Wildman–Crippen MR) is 245 cm³/mol. The van der Waals surface area contributed by atoms with Crippen LogP contribution in [0.1, 0.15) is 126 Å². The molecule has 3 aliphatic heterocycles. The van der Waals surface area contributed by atoms with E-state index in [-0.39, 0.29) is 54.8 Å². The summed E-state index contributed by atoms with van der Waals surface area (Å²) in [5.41, 5.74) is 1.27. The minimum atomic E-state index is -2.43. The molecule has 3 N–H and O–H groups in total. The summed E-state index contributed by atoms with van der Waals surface area (Å²) in [4.78, 5) is 71.8. The van der Waals surface area contributed by atoms with Crippen molar-refractivity contribution in [2.75, 3.05) is 27.9 Å². The number of carbonyl (C=O) groups excluding carboxylic acids is 5. The average Bonchev–Trinajstić information content (AvgIpc) is 3.28. The minimum absolute atomic E-state index is 0.0193. The Morgan fingerprint density at radius 3 is 2.25 bits per heavy atom. The smallest absolute Gasteiger partial charge is 0.329 e. The van der Waals surface area contributed by atoms with Crippen LogP contribution in [0.5, 0.6) is 0 Å². The van der Waals surface area contributed by atoms with Gasteiger partial charge in [0.25, 0.3) is 11.7 Å². The van der Waals surface area contributed by atoms with Gasteiger partial charge >= 0.3 is 5.97 Å². The van der Waals surface area contributed by atoms with Crippen LogP contribution >= 0.6 is 0 Å². The monoisotopic (exact) mass is 914 g/mol. The zero-order valence-electron chi connectivity index (χ0n) is 40.6. The molecule has 2 saturated heterocycles. The Bertz CT molecular complexity index is 1760. The van der Waals surface area contributed by atoms with E-state index in [2.05, 4.69) is 0 Å². The van der Waals surface area contributed by atoms with Crippen LogP contribution in [0.2, 0.25) is 0 Å². The van der Waals surface area contributed by atoms with Crippen LogP contribution < -0.4 is 0 Å². The number of hydrogen-bond acceptors (Lipinski definition) is 13. The summed E-state index contributed by atoms with van der Waals surface area (Å²) >= 11 is 0. The average molecular weight is 914 g/mol. The van der Waals surface area contributed by atoms with Gasteiger partial charge < -0.3 is 43.9 Å². The number of hydrogen-bond donors (Lipinski definition) is 3. The summed E-state index contributed by atoms with van der Waals surface area (Å²) in [5.74, 6) is -7.96. The second-order valence-corrected chi connectivity index (χ2v) is 19.6. The number of fused-ring (bicyclic) bond motifs is 3. The molecule has 3 fully saturated rings. The fourth-order valence-electron chi connectivity index (χ4n) is 10.1. The first-order valence-electron chi connectivity index (χ1n) is 23.9. The number of aliphatic hydroxyl groups is 3. The molecular formula is C51H79NO13. The molecule has 1 saturated carbocycles. The number of methoxy groups -OCH3 is 3. The van der Waals surface area contributed by atoms with Crippen molar-refractivity contribution in [2.24, 2.45) is 35.5 Å². The van der Waals surface area contributed by atoms with Gasteiger partial charge in [-0.1, -0.05) is 71.1 Å². The maximum Gasteiger partial charge on any atom is 0.329 e. The number of amides is 1. The van der Waals surface area contributed by atoms with E-state index in [0.29, 0.717) is 63.4 Å². The first-order chi connectivity index (χ1) is 30.7. The van der Waals surface area contributed by atoms with Crippen LogP contribution in [0, 0.1) is 35.5 Å². The molecule has 1 aliphatic carbocycles. The first kappa shape index (κ1) is 54.2. The lowest BCUT2D eigenvalue weighted by molar-refractivity contribution is -0.265. The number of carbonyl (C=O) groups is 5. The molecule has 4 aliphatic rings. The summed E-state index contributed by atoms with van der Waals surface area (Å²) in [6.45, 7) is 12.7. The molecule has 65 heavy (non-hydrogen) atoms. The number of rotatable bonds is 6. The van der Waals surface area contributed by atoms with E-state index in [4.69, 9.17) is 23.7 Å². The molecule has 15 atom stereocenters. The number of ether oxygens (including phenoxy) is 5. The van der Waals surface area contributed by atoms with E-state index in [1.54, 1.807) is 41.1 Å². The Labute approximate surface area is 387 Å². The van der Waals surface area contributed by atoms with Crippen LogP contribution in [0.15, 0.2) is 47.6 Å². The predicted octanol–water partition coefficient (Wildman–Crippen LogP) is 6.18. The van der Waals surface area contributed by atoms with Crippen LogP contribution in [-0.4, -0.2) is 132 Å². The number of aliphatic hydroxyl groups excluding tert-OH is 2. The van der Waals surface area contributed by atoms with Crippen molar-refractivity contribution in [1.82, 2.24) is 4.90 Å². The van der Waals surface area contributed by atoms with Crippen molar-refractivity contribution in [3.05, 3.63) is 47.6 Å². The number of nitrogens with zero attached hydrogens (tertiary/aromatic N) is 1. The summed E-state index contributed by atoms with van der Waals surface area (Å²) in [6, 6.07) is -1.14. The van der Waals surface area contributed by atoms with Gasteiger partial charge in [-0.25, -0.2) is 4.79 Å². The molecule has 0 aromatic heterocycles. The van der Waals surface area contributed by atoms with Gasteiger partial charge in [0.15, 0.2) is 5.78 Å². The Hall–Kier alpha value is -3.37. The van der Waals surface area contributed by atoms with Crippen LogP contribution in [0.3, 0.4) is 0 Å². The zero-order valence-corrected chi connectivity index (χ0v) is 40.6. The maximum absolute atomic E-state index is 14.4. The molecule has 0 spiro atoms. The molecule has 2 bridgehead atoms. The highest BCUT2D eigenvalue weighted by Crippen LogP contribution is 2.38. The van der Waals surface area contributed by atoms with Crippen molar-refractivity contribution in [3.63, 3.8) is 0 Å². The number of Topliss-reactive ketones (excluding diaryl/α,β-unsaturated/α-hetero) is 3. The number of piperidine rings is 1. The Kier molecular flexibility index (Phi) is 21.0. The largest absolute Gasteiger partial charge is 0.460 e. The van der Waals surface area contributed by atoms with Crippen LogP contribution in [0.25, 0.3) is 0 Å². The Morgan fingerprint density at radius 2 is 1.57 bits per heavy atom. The van der Waals surface area contributed by atoms with Crippen LogP contribution in [0.4, 0.5) is 0 Å². The summed E-state index contributed by atoms with van der Waals surface area (Å²) in [6.07, 6.45) is 11.2. The summed E-state index contributed by atoms with van der Waals surface area (Å²) in [7, 11) is 4.52. The third kappa shape index (κ3) is 14.3. The molecule has 366 valence electrons. The van der Waals surface area contributed by atoms with Gasteiger partial charge in [0.05, 0.1) is 24.4 Å².